The number of esters is 2. The minimum atomic E-state index is -0.935. The van der Waals surface area contributed by atoms with Crippen LogP contribution in [0, 0.1) is 11.8 Å². The van der Waals surface area contributed by atoms with Crippen LogP contribution in [0.25, 0.3) is 0 Å². The predicted octanol–water partition coefficient (Wildman–Crippen LogP) is 3.92. The molecule has 0 unspecified atom stereocenters. The van der Waals surface area contributed by atoms with Crippen molar-refractivity contribution in [2.75, 3.05) is 26.9 Å². The van der Waals surface area contributed by atoms with E-state index in [4.69, 9.17) is 25.8 Å². The molecule has 33 heavy (non-hydrogen) atoms. The van der Waals surface area contributed by atoms with Gasteiger partial charge in [-0.3, -0.25) is 9.59 Å². The zero-order valence-corrected chi connectivity index (χ0v) is 20.2. The van der Waals surface area contributed by atoms with Gasteiger partial charge in [0.25, 0.3) is 0 Å². The van der Waals surface area contributed by atoms with Crippen molar-refractivity contribution in [1.29, 1.82) is 0 Å². The molecule has 3 atom stereocenters. The van der Waals surface area contributed by atoms with Crippen LogP contribution in [-0.2, 0) is 28.6 Å². The Balaban J connectivity index is 2.02. The van der Waals surface area contributed by atoms with Gasteiger partial charge in [-0.15, -0.1) is 0 Å². The molecule has 1 aromatic carbocycles. The van der Waals surface area contributed by atoms with E-state index < -0.39 is 23.8 Å². The molecule has 2 aliphatic rings. The van der Waals surface area contributed by atoms with E-state index in [1.54, 1.807) is 25.1 Å². The van der Waals surface area contributed by atoms with Gasteiger partial charge in [-0.25, -0.2) is 4.79 Å². The lowest BCUT2D eigenvalue weighted by Crippen LogP contribution is -2.43. The number of Topliss-reactive ketones (excluding diaryl/α,β-unsaturated/α-hetero) is 1. The van der Waals surface area contributed by atoms with E-state index in [-0.39, 0.29) is 24.9 Å². The fraction of sp³-hybridized carbons (Fsp3) is 0.480. The molecule has 178 valence electrons. The Morgan fingerprint density at radius 3 is 2.64 bits per heavy atom. The molecule has 1 N–H and O–H groups in total. The van der Waals surface area contributed by atoms with Crippen LogP contribution in [0.15, 0.2) is 46.8 Å². The van der Waals surface area contributed by atoms with Gasteiger partial charge in [-0.1, -0.05) is 37.6 Å². The normalized spacial score (nSPS) is 22.6. The van der Waals surface area contributed by atoms with Crippen LogP contribution in [0.5, 0.6) is 0 Å². The Morgan fingerprint density at radius 1 is 1.21 bits per heavy atom. The first-order valence-corrected chi connectivity index (χ1v) is 11.5. The fourth-order valence-electron chi connectivity index (χ4n) is 4.49. The van der Waals surface area contributed by atoms with Gasteiger partial charge < -0.3 is 19.5 Å². The molecular weight excluding hydrogens is 446 g/mol. The number of halogens is 1. The molecule has 0 saturated heterocycles. The summed E-state index contributed by atoms with van der Waals surface area (Å²) in [6.45, 7) is 6.60. The van der Waals surface area contributed by atoms with Gasteiger partial charge in [0, 0.05) is 34.5 Å². The van der Waals surface area contributed by atoms with E-state index in [2.05, 4.69) is 5.32 Å². The molecule has 3 rings (SSSR count). The molecule has 1 aliphatic heterocycles. The quantitative estimate of drug-likeness (QED) is 0.346. The van der Waals surface area contributed by atoms with E-state index >= 15 is 0 Å². The van der Waals surface area contributed by atoms with Crippen LogP contribution >= 0.6 is 11.6 Å². The Hall–Kier alpha value is -2.64. The zero-order valence-electron chi connectivity index (χ0n) is 19.4. The van der Waals surface area contributed by atoms with E-state index in [1.807, 2.05) is 19.9 Å². The van der Waals surface area contributed by atoms with E-state index in [9.17, 15) is 14.4 Å². The SMILES string of the molecule is CCCOCCOC(=O)C1=C(C)NC2=C(C(=O)[C@H](C(=O)OC)[C@@H](C)C2)[C@H]1c1cccc(Cl)c1. The van der Waals surface area contributed by atoms with Crippen LogP contribution in [0.2, 0.25) is 5.02 Å². The second-order valence-corrected chi connectivity index (χ2v) is 8.78. The number of hydrogen-bond donors (Lipinski definition) is 1. The molecule has 0 amide bonds. The topological polar surface area (TPSA) is 90.9 Å². The number of carbonyl (C=O) groups is 3. The summed E-state index contributed by atoms with van der Waals surface area (Å²) in [7, 11) is 1.27. The predicted molar refractivity (Wildman–Crippen MR) is 123 cm³/mol. The molecular formula is C25H30ClNO6. The minimum absolute atomic E-state index is 0.0968. The highest BCUT2D eigenvalue weighted by Gasteiger charge is 2.47. The van der Waals surface area contributed by atoms with Gasteiger partial charge in [-0.05, 0) is 43.4 Å². The van der Waals surface area contributed by atoms with E-state index in [1.165, 1.54) is 7.11 Å². The molecule has 0 aromatic heterocycles. The smallest absolute Gasteiger partial charge is 0.336 e. The van der Waals surface area contributed by atoms with Crippen LogP contribution in [-0.4, -0.2) is 44.7 Å². The highest BCUT2D eigenvalue weighted by Crippen LogP contribution is 2.45. The molecule has 7 nitrogen and oxygen atoms in total. The van der Waals surface area contributed by atoms with Crippen molar-refractivity contribution < 1.29 is 28.6 Å². The summed E-state index contributed by atoms with van der Waals surface area (Å²) in [5.41, 5.74) is 2.69. The van der Waals surface area contributed by atoms with Crippen molar-refractivity contribution in [3.63, 3.8) is 0 Å². The maximum atomic E-state index is 13.6. The molecule has 8 heteroatoms. The molecule has 0 saturated carbocycles. The summed E-state index contributed by atoms with van der Waals surface area (Å²) in [6, 6.07) is 7.04. The number of allylic oxidation sites excluding steroid dienone is 3. The summed E-state index contributed by atoms with van der Waals surface area (Å²) in [5, 5.41) is 3.71. The first kappa shape index (κ1) is 25.0. The van der Waals surface area contributed by atoms with Crippen molar-refractivity contribution in [3.05, 3.63) is 57.4 Å². The second kappa shape index (κ2) is 11.0. The summed E-state index contributed by atoms with van der Waals surface area (Å²) in [6.07, 6.45) is 1.35. The van der Waals surface area contributed by atoms with E-state index in [0.717, 1.165) is 6.42 Å². The number of ether oxygens (including phenoxy) is 3. The lowest BCUT2D eigenvalue weighted by Gasteiger charge is -2.38. The van der Waals surface area contributed by atoms with Gasteiger partial charge in [0.2, 0.25) is 0 Å². The van der Waals surface area contributed by atoms with Crippen molar-refractivity contribution in [3.8, 4) is 0 Å². The summed E-state index contributed by atoms with van der Waals surface area (Å²) < 4.78 is 15.8. The van der Waals surface area contributed by atoms with Gasteiger partial charge in [0.05, 0.1) is 19.3 Å². The Bertz CT molecular complexity index is 998. The van der Waals surface area contributed by atoms with Crippen LogP contribution in [0.3, 0.4) is 0 Å². The number of hydrogen-bond acceptors (Lipinski definition) is 7. The average Bonchev–Trinajstić information content (AvgIpc) is 2.77. The lowest BCUT2D eigenvalue weighted by atomic mass is 9.69. The van der Waals surface area contributed by atoms with Crippen LogP contribution in [0.4, 0.5) is 0 Å². The largest absolute Gasteiger partial charge is 0.468 e. The molecule has 0 fully saturated rings. The third kappa shape index (κ3) is 5.31. The number of methoxy groups -OCH3 is 1. The Kier molecular flexibility index (Phi) is 8.32. The first-order chi connectivity index (χ1) is 15.8. The standard InChI is InChI=1S/C25H30ClNO6/c1-5-9-32-10-11-33-25(30)20-15(3)27-18-12-14(2)19(24(29)31-4)23(28)22(18)21(20)16-7-6-8-17(26)13-16/h6-8,13-14,19,21,27H,5,9-12H2,1-4H3/t14-,19+,21-/m0/s1. The maximum absolute atomic E-state index is 13.6. The first-order valence-electron chi connectivity index (χ1n) is 11.1. The summed E-state index contributed by atoms with van der Waals surface area (Å²) in [4.78, 5) is 39.3. The highest BCUT2D eigenvalue weighted by atomic mass is 35.5. The van der Waals surface area contributed by atoms with Crippen LogP contribution in [0.1, 0.15) is 45.1 Å². The van der Waals surface area contributed by atoms with Crippen molar-refractivity contribution in [1.82, 2.24) is 5.32 Å². The van der Waals surface area contributed by atoms with Gasteiger partial charge >= 0.3 is 11.9 Å². The molecule has 0 radical (unpaired) electrons. The molecule has 1 aromatic rings. The van der Waals surface area contributed by atoms with Gasteiger partial charge in [0.15, 0.2) is 5.78 Å². The number of dihydropyridines is 1. The molecule has 0 spiro atoms. The number of carbonyl (C=O) groups excluding carboxylic acids is 3. The van der Waals surface area contributed by atoms with Gasteiger partial charge in [0.1, 0.15) is 12.5 Å². The number of benzene rings is 1. The number of rotatable bonds is 8. The van der Waals surface area contributed by atoms with Crippen molar-refractivity contribution >= 4 is 29.3 Å². The summed E-state index contributed by atoms with van der Waals surface area (Å²) >= 11 is 6.26. The fourth-order valence-corrected chi connectivity index (χ4v) is 4.69. The van der Waals surface area contributed by atoms with Crippen molar-refractivity contribution in [2.24, 2.45) is 11.8 Å². The monoisotopic (exact) mass is 475 g/mol. The zero-order chi connectivity index (χ0) is 24.1. The Morgan fingerprint density at radius 2 is 1.97 bits per heavy atom. The second-order valence-electron chi connectivity index (χ2n) is 8.34. The third-order valence-corrected chi connectivity index (χ3v) is 6.19. The third-order valence-electron chi connectivity index (χ3n) is 5.95. The van der Waals surface area contributed by atoms with Crippen LogP contribution < -0.4 is 5.32 Å². The number of nitrogens with one attached hydrogen (secondary N) is 1. The number of ketones is 1. The minimum Gasteiger partial charge on any atom is -0.468 e. The molecule has 0 bridgehead atoms. The van der Waals surface area contributed by atoms with Crippen molar-refractivity contribution in [2.45, 2.75) is 39.5 Å². The van der Waals surface area contributed by atoms with Gasteiger partial charge in [-0.2, -0.15) is 0 Å². The highest BCUT2D eigenvalue weighted by molar-refractivity contribution is 6.30. The summed E-state index contributed by atoms with van der Waals surface area (Å²) in [5.74, 6) is -3.36. The van der Waals surface area contributed by atoms with E-state index in [0.29, 0.717) is 46.2 Å². The molecule has 1 aliphatic carbocycles. The average molecular weight is 476 g/mol. The Labute approximate surface area is 199 Å². The maximum Gasteiger partial charge on any atom is 0.336 e. The molecule has 1 heterocycles. The lowest BCUT2D eigenvalue weighted by molar-refractivity contribution is -0.151.